The molecule has 0 radical (unpaired) electrons. The Kier molecular flexibility index (Phi) is 3.89. The van der Waals surface area contributed by atoms with E-state index >= 15 is 0 Å². The van der Waals surface area contributed by atoms with Crippen molar-refractivity contribution >= 4 is 17.0 Å². The number of H-pyrrole nitrogens is 1. The van der Waals surface area contributed by atoms with Gasteiger partial charge in [0.15, 0.2) is 11.6 Å². The van der Waals surface area contributed by atoms with E-state index in [9.17, 15) is 18.0 Å². The van der Waals surface area contributed by atoms with Crippen LogP contribution in [0.15, 0.2) is 41.2 Å². The van der Waals surface area contributed by atoms with Crippen LogP contribution >= 0.6 is 0 Å². The Labute approximate surface area is 161 Å². The number of amides is 1. The lowest BCUT2D eigenvalue weighted by Crippen LogP contribution is -2.41. The van der Waals surface area contributed by atoms with Crippen molar-refractivity contribution in [2.24, 2.45) is 0 Å². The van der Waals surface area contributed by atoms with E-state index in [1.54, 1.807) is 0 Å². The summed E-state index contributed by atoms with van der Waals surface area (Å²) in [4.78, 5) is 26.1. The fraction of sp³-hybridized carbons (Fsp3) is 0.222. The number of nitrogens with one attached hydrogen (secondary N) is 1. The van der Waals surface area contributed by atoms with Gasteiger partial charge in [-0.2, -0.15) is 18.6 Å². The van der Waals surface area contributed by atoms with Gasteiger partial charge < -0.3 is 14.3 Å². The molecule has 0 unspecified atom stereocenters. The van der Waals surface area contributed by atoms with Crippen LogP contribution in [0.2, 0.25) is 0 Å². The number of aromatic amines is 1. The molecule has 148 valence electrons. The van der Waals surface area contributed by atoms with Gasteiger partial charge in [-0.05, 0) is 18.2 Å². The molecule has 1 N–H and O–H groups in total. The fourth-order valence-electron chi connectivity index (χ4n) is 3.57. The normalized spacial score (nSPS) is 16.6. The molecule has 0 spiro atoms. The van der Waals surface area contributed by atoms with E-state index in [1.165, 1.54) is 35.5 Å². The standard InChI is InChI=1S/C18H13F3N6O2/c19-9-1-2-13-11(7-9)25-16(29-13)15-14-10(22-8-23-14)4-6-26(15)17(28)12-3-5-24-27(12)18(20)21/h1-3,5,7-8,15,18H,4,6H2,(H,22,23)/t15-/m0/s1. The van der Waals surface area contributed by atoms with Crippen molar-refractivity contribution in [3.63, 3.8) is 0 Å². The minimum atomic E-state index is -2.96. The molecule has 0 fully saturated rings. The van der Waals surface area contributed by atoms with Gasteiger partial charge in [0.25, 0.3) is 5.91 Å². The molecule has 0 saturated heterocycles. The quantitative estimate of drug-likeness (QED) is 0.569. The van der Waals surface area contributed by atoms with Crippen LogP contribution in [0.5, 0.6) is 0 Å². The molecular weight excluding hydrogens is 389 g/mol. The zero-order chi connectivity index (χ0) is 20.1. The summed E-state index contributed by atoms with van der Waals surface area (Å²) in [5.74, 6) is -1.01. The number of hydrogen-bond donors (Lipinski definition) is 1. The maximum atomic E-state index is 13.5. The van der Waals surface area contributed by atoms with Gasteiger partial charge in [-0.15, -0.1) is 0 Å². The molecule has 5 rings (SSSR count). The van der Waals surface area contributed by atoms with Crippen molar-refractivity contribution in [3.8, 4) is 0 Å². The number of alkyl halides is 2. The lowest BCUT2D eigenvalue weighted by molar-refractivity contribution is 0.0435. The van der Waals surface area contributed by atoms with Gasteiger partial charge >= 0.3 is 6.55 Å². The Balaban J connectivity index is 1.62. The highest BCUT2D eigenvalue weighted by Crippen LogP contribution is 2.35. The highest BCUT2D eigenvalue weighted by Gasteiger charge is 2.39. The summed E-state index contributed by atoms with van der Waals surface area (Å²) in [6.45, 7) is -2.74. The van der Waals surface area contributed by atoms with Crippen molar-refractivity contribution in [1.82, 2.24) is 29.6 Å². The van der Waals surface area contributed by atoms with E-state index in [2.05, 4.69) is 20.1 Å². The fourth-order valence-corrected chi connectivity index (χ4v) is 3.57. The van der Waals surface area contributed by atoms with E-state index in [-0.39, 0.29) is 23.6 Å². The topological polar surface area (TPSA) is 92.8 Å². The number of aromatic nitrogens is 5. The number of fused-ring (bicyclic) bond motifs is 2. The minimum absolute atomic E-state index is 0.120. The molecule has 1 aliphatic rings. The number of carbonyl (C=O) groups is 1. The molecule has 29 heavy (non-hydrogen) atoms. The number of benzene rings is 1. The second-order valence-electron chi connectivity index (χ2n) is 6.52. The first kappa shape index (κ1) is 17.5. The highest BCUT2D eigenvalue weighted by atomic mass is 19.3. The lowest BCUT2D eigenvalue weighted by Gasteiger charge is -2.33. The van der Waals surface area contributed by atoms with Gasteiger partial charge in [-0.1, -0.05) is 0 Å². The summed E-state index contributed by atoms with van der Waals surface area (Å²) in [6.07, 6.45) is 3.08. The number of rotatable bonds is 3. The van der Waals surface area contributed by atoms with Crippen molar-refractivity contribution in [3.05, 3.63) is 65.6 Å². The smallest absolute Gasteiger partial charge is 0.333 e. The Morgan fingerprint density at radius 2 is 2.17 bits per heavy atom. The van der Waals surface area contributed by atoms with Crippen LogP contribution in [0.3, 0.4) is 0 Å². The zero-order valence-corrected chi connectivity index (χ0v) is 14.7. The van der Waals surface area contributed by atoms with E-state index in [0.29, 0.717) is 22.4 Å². The van der Waals surface area contributed by atoms with Gasteiger partial charge in [0.1, 0.15) is 17.0 Å². The average Bonchev–Trinajstić information content (AvgIpc) is 3.43. The molecule has 3 aromatic heterocycles. The molecule has 0 aliphatic carbocycles. The predicted octanol–water partition coefficient (Wildman–Crippen LogP) is 3.07. The molecule has 0 saturated carbocycles. The van der Waals surface area contributed by atoms with E-state index < -0.39 is 24.3 Å². The molecular formula is C18H13F3N6O2. The van der Waals surface area contributed by atoms with Crippen LogP contribution in [0.4, 0.5) is 13.2 Å². The van der Waals surface area contributed by atoms with Crippen molar-refractivity contribution in [2.75, 3.05) is 6.54 Å². The monoisotopic (exact) mass is 402 g/mol. The second-order valence-corrected chi connectivity index (χ2v) is 6.52. The molecule has 0 bridgehead atoms. The SMILES string of the molecule is O=C(c1ccnn1C(F)F)N1CCc2[nH]cnc2[C@H]1c1nc2cc(F)ccc2o1. The Morgan fingerprint density at radius 1 is 1.31 bits per heavy atom. The predicted molar refractivity (Wildman–Crippen MR) is 92.6 cm³/mol. The summed E-state index contributed by atoms with van der Waals surface area (Å²) in [7, 11) is 0. The van der Waals surface area contributed by atoms with E-state index in [4.69, 9.17) is 4.42 Å². The van der Waals surface area contributed by atoms with Crippen LogP contribution in [0.1, 0.15) is 40.4 Å². The summed E-state index contributed by atoms with van der Waals surface area (Å²) >= 11 is 0. The van der Waals surface area contributed by atoms with Crippen molar-refractivity contribution in [1.29, 1.82) is 0 Å². The number of oxazole rings is 1. The molecule has 4 aromatic rings. The second kappa shape index (κ2) is 6.47. The van der Waals surface area contributed by atoms with Crippen LogP contribution in [-0.2, 0) is 6.42 Å². The zero-order valence-electron chi connectivity index (χ0n) is 14.7. The first-order valence-corrected chi connectivity index (χ1v) is 8.73. The number of halogens is 3. The van der Waals surface area contributed by atoms with Crippen LogP contribution < -0.4 is 0 Å². The molecule has 1 atom stereocenters. The van der Waals surface area contributed by atoms with E-state index in [0.717, 1.165) is 11.9 Å². The van der Waals surface area contributed by atoms with Crippen LogP contribution in [-0.4, -0.2) is 42.1 Å². The molecule has 11 heteroatoms. The lowest BCUT2D eigenvalue weighted by atomic mass is 10.0. The van der Waals surface area contributed by atoms with Crippen LogP contribution in [0.25, 0.3) is 11.1 Å². The van der Waals surface area contributed by atoms with Gasteiger partial charge in [0.2, 0.25) is 5.89 Å². The van der Waals surface area contributed by atoms with Gasteiger partial charge in [-0.25, -0.2) is 14.4 Å². The van der Waals surface area contributed by atoms with Gasteiger partial charge in [0, 0.05) is 30.9 Å². The summed E-state index contributed by atoms with van der Waals surface area (Å²) in [6, 6.07) is 4.27. The van der Waals surface area contributed by atoms with Crippen LogP contribution in [0, 0.1) is 5.82 Å². The summed E-state index contributed by atoms with van der Waals surface area (Å²) in [5.41, 5.74) is 1.66. The van der Waals surface area contributed by atoms with E-state index in [1.807, 2.05) is 0 Å². The largest absolute Gasteiger partial charge is 0.438 e. The number of hydrogen-bond acceptors (Lipinski definition) is 5. The van der Waals surface area contributed by atoms with Gasteiger partial charge in [-0.3, -0.25) is 4.79 Å². The number of nitrogens with zero attached hydrogens (tertiary/aromatic N) is 5. The Hall–Kier alpha value is -3.63. The average molecular weight is 402 g/mol. The Bertz CT molecular complexity index is 1210. The number of carbonyl (C=O) groups excluding carboxylic acids is 1. The third-order valence-electron chi connectivity index (χ3n) is 4.86. The molecule has 8 nitrogen and oxygen atoms in total. The maximum absolute atomic E-state index is 13.5. The maximum Gasteiger partial charge on any atom is 0.333 e. The Morgan fingerprint density at radius 3 is 3.00 bits per heavy atom. The third-order valence-corrected chi connectivity index (χ3v) is 4.86. The first-order valence-electron chi connectivity index (χ1n) is 8.73. The summed E-state index contributed by atoms with van der Waals surface area (Å²) < 4.78 is 46.1. The molecule has 1 aromatic carbocycles. The minimum Gasteiger partial charge on any atom is -0.438 e. The van der Waals surface area contributed by atoms with Crippen molar-refractivity contribution < 1.29 is 22.4 Å². The third kappa shape index (κ3) is 2.77. The summed E-state index contributed by atoms with van der Waals surface area (Å²) in [5, 5.41) is 3.52. The molecule has 4 heterocycles. The highest BCUT2D eigenvalue weighted by molar-refractivity contribution is 5.93. The first-order chi connectivity index (χ1) is 14.0. The molecule has 1 amide bonds. The molecule has 1 aliphatic heterocycles. The van der Waals surface area contributed by atoms with Gasteiger partial charge in [0.05, 0.1) is 12.0 Å². The number of imidazole rings is 1. The van der Waals surface area contributed by atoms with Crippen molar-refractivity contribution in [2.45, 2.75) is 19.0 Å².